The van der Waals surface area contributed by atoms with Crippen LogP contribution in [0.3, 0.4) is 0 Å². The number of amides is 2. The van der Waals surface area contributed by atoms with Crippen LogP contribution in [0.5, 0.6) is 5.75 Å². The molecule has 0 bridgehead atoms. The number of ether oxygens (including phenoxy) is 1. The van der Waals surface area contributed by atoms with Crippen molar-refractivity contribution in [1.82, 2.24) is 24.7 Å². The normalized spacial score (nSPS) is 16.6. The van der Waals surface area contributed by atoms with Crippen LogP contribution in [0.4, 0.5) is 8.78 Å². The van der Waals surface area contributed by atoms with Gasteiger partial charge in [0.05, 0.1) is 27.8 Å². The van der Waals surface area contributed by atoms with Crippen molar-refractivity contribution in [3.05, 3.63) is 64.8 Å². The van der Waals surface area contributed by atoms with E-state index in [-0.39, 0.29) is 24.1 Å². The highest BCUT2D eigenvalue weighted by Crippen LogP contribution is 2.28. The van der Waals surface area contributed by atoms with Gasteiger partial charge in [0.2, 0.25) is 0 Å². The molecular weight excluding hydrogens is 548 g/mol. The average Bonchev–Trinajstić information content (AvgIpc) is 3.42. The molecule has 0 aliphatic carbocycles. The van der Waals surface area contributed by atoms with Crippen molar-refractivity contribution in [3.8, 4) is 5.75 Å². The molecule has 2 aliphatic rings. The van der Waals surface area contributed by atoms with Gasteiger partial charge < -0.3 is 14.5 Å². The first-order valence-electron chi connectivity index (χ1n) is 14.0. The second-order valence-corrected chi connectivity index (χ2v) is 11.5. The first-order chi connectivity index (χ1) is 19.9. The molecule has 2 fully saturated rings. The molecule has 6 rings (SSSR count). The minimum absolute atomic E-state index is 0.128. The molecule has 0 spiro atoms. The molecule has 4 heterocycles. The van der Waals surface area contributed by atoms with Crippen LogP contribution in [0.2, 0.25) is 0 Å². The zero-order valence-electron chi connectivity index (χ0n) is 22.6. The molecule has 2 aliphatic heterocycles. The molecule has 0 N–H and O–H groups in total. The Morgan fingerprint density at radius 2 is 1.61 bits per heavy atom. The Kier molecular flexibility index (Phi) is 8.06. The molecule has 214 valence electrons. The van der Waals surface area contributed by atoms with Crippen molar-refractivity contribution >= 4 is 44.3 Å². The largest absolute Gasteiger partial charge is 0.486 e. The summed E-state index contributed by atoms with van der Waals surface area (Å²) < 4.78 is 32.8. The fourth-order valence-corrected chi connectivity index (χ4v) is 6.35. The predicted molar refractivity (Wildman–Crippen MR) is 154 cm³/mol. The summed E-state index contributed by atoms with van der Waals surface area (Å²) in [5.41, 5.74) is 2.06. The fourth-order valence-electron chi connectivity index (χ4n) is 5.47. The molecule has 41 heavy (non-hydrogen) atoms. The number of halogens is 2. The molecule has 2 aromatic heterocycles. The number of carbonyl (C=O) groups excluding carboxylic acids is 2. The molecule has 2 aromatic carbocycles. The van der Waals surface area contributed by atoms with Crippen LogP contribution in [0, 0.1) is 0 Å². The number of hydrogen-bond acceptors (Lipinski definition) is 7. The molecular formula is C30H31F2N5O3S. The molecule has 2 amide bonds. The number of likely N-dealkylation sites (tertiary alicyclic amines) is 1. The second-order valence-electron chi connectivity index (χ2n) is 10.4. The van der Waals surface area contributed by atoms with Crippen LogP contribution in [0.15, 0.2) is 48.5 Å². The van der Waals surface area contributed by atoms with Crippen molar-refractivity contribution in [2.75, 3.05) is 45.8 Å². The van der Waals surface area contributed by atoms with Gasteiger partial charge in [-0.2, -0.15) is 0 Å². The van der Waals surface area contributed by atoms with Gasteiger partial charge in [-0.15, -0.1) is 11.3 Å². The molecule has 0 unspecified atom stereocenters. The van der Waals surface area contributed by atoms with Crippen molar-refractivity contribution in [1.29, 1.82) is 0 Å². The van der Waals surface area contributed by atoms with E-state index in [4.69, 9.17) is 4.74 Å². The summed E-state index contributed by atoms with van der Waals surface area (Å²) >= 11 is 1.58. The van der Waals surface area contributed by atoms with E-state index in [1.807, 2.05) is 35.2 Å². The van der Waals surface area contributed by atoms with E-state index in [2.05, 4.69) is 9.97 Å². The maximum atomic E-state index is 13.7. The van der Waals surface area contributed by atoms with Gasteiger partial charge in [0.15, 0.2) is 0 Å². The Hall–Kier alpha value is -3.70. The lowest BCUT2D eigenvalue weighted by Gasteiger charge is -2.34. The summed E-state index contributed by atoms with van der Waals surface area (Å²) in [6.07, 6.45) is 0.573. The SMILES string of the molecule is O=C(c1cc(C(=O)N2CCCCC2)c2cc(OCc3nc4ccccc4s3)ccc2n1)N1CCN(CC(F)F)CC1. The standard InChI is InChI=1S/C30H31F2N5O3S/c31-27(32)18-35-12-14-37(15-13-35)30(39)25-17-22(29(38)36-10-4-1-5-11-36)21-16-20(8-9-23(21)33-25)40-19-28-34-24-6-2-3-7-26(24)41-28/h2-3,6-9,16-17,27H,1,4-5,10-15,18-19H2. The molecule has 0 saturated carbocycles. The van der Waals surface area contributed by atoms with Crippen molar-refractivity contribution in [2.45, 2.75) is 32.3 Å². The Labute approximate surface area is 240 Å². The number of hydrogen-bond donors (Lipinski definition) is 0. The van der Waals surface area contributed by atoms with E-state index >= 15 is 0 Å². The zero-order valence-corrected chi connectivity index (χ0v) is 23.4. The molecule has 2 saturated heterocycles. The molecule has 8 nitrogen and oxygen atoms in total. The first kappa shape index (κ1) is 27.5. The van der Waals surface area contributed by atoms with E-state index in [9.17, 15) is 18.4 Å². The zero-order chi connectivity index (χ0) is 28.3. The minimum atomic E-state index is -2.40. The predicted octanol–water partition coefficient (Wildman–Crippen LogP) is 5.07. The number of benzene rings is 2. The number of alkyl halides is 2. The number of aromatic nitrogens is 2. The molecule has 0 atom stereocenters. The summed E-state index contributed by atoms with van der Waals surface area (Å²) in [4.78, 5) is 41.6. The Morgan fingerprint density at radius 1 is 0.854 bits per heavy atom. The highest BCUT2D eigenvalue weighted by atomic mass is 32.1. The van der Waals surface area contributed by atoms with Gasteiger partial charge in [-0.1, -0.05) is 12.1 Å². The van der Waals surface area contributed by atoms with Gasteiger partial charge in [0.25, 0.3) is 18.2 Å². The molecule has 4 aromatic rings. The first-order valence-corrected chi connectivity index (χ1v) is 14.8. The van der Waals surface area contributed by atoms with Gasteiger partial charge in [0, 0.05) is 44.7 Å². The molecule has 0 radical (unpaired) electrons. The third kappa shape index (κ3) is 6.15. The lowest BCUT2D eigenvalue weighted by molar-refractivity contribution is 0.0455. The van der Waals surface area contributed by atoms with E-state index in [0.717, 1.165) is 34.5 Å². The Balaban J connectivity index is 1.27. The summed E-state index contributed by atoms with van der Waals surface area (Å²) in [6, 6.07) is 14.9. The van der Waals surface area contributed by atoms with Gasteiger partial charge in [0.1, 0.15) is 23.1 Å². The minimum Gasteiger partial charge on any atom is -0.486 e. The fraction of sp³-hybridized carbons (Fsp3) is 0.400. The maximum absolute atomic E-state index is 13.7. The number of carbonyl (C=O) groups is 2. The van der Waals surface area contributed by atoms with Gasteiger partial charge in [-0.3, -0.25) is 14.5 Å². The van der Waals surface area contributed by atoms with E-state index < -0.39 is 6.43 Å². The van der Waals surface area contributed by atoms with Gasteiger partial charge in [-0.05, 0) is 55.7 Å². The lowest BCUT2D eigenvalue weighted by Crippen LogP contribution is -2.50. The number of piperazine rings is 1. The number of para-hydroxylation sites is 1. The highest BCUT2D eigenvalue weighted by Gasteiger charge is 2.27. The van der Waals surface area contributed by atoms with Crippen LogP contribution >= 0.6 is 11.3 Å². The second kappa shape index (κ2) is 12.0. The van der Waals surface area contributed by atoms with Crippen LogP contribution in [0.25, 0.3) is 21.1 Å². The topological polar surface area (TPSA) is 78.9 Å². The number of piperidine rings is 1. The van der Waals surface area contributed by atoms with E-state index in [1.54, 1.807) is 39.3 Å². The van der Waals surface area contributed by atoms with Crippen LogP contribution in [-0.2, 0) is 6.61 Å². The summed E-state index contributed by atoms with van der Waals surface area (Å²) in [5.74, 6) is 0.157. The van der Waals surface area contributed by atoms with Gasteiger partial charge in [-0.25, -0.2) is 18.7 Å². The average molecular weight is 580 g/mol. The lowest BCUT2D eigenvalue weighted by atomic mass is 10.0. The maximum Gasteiger partial charge on any atom is 0.272 e. The highest BCUT2D eigenvalue weighted by molar-refractivity contribution is 7.18. The van der Waals surface area contributed by atoms with Crippen LogP contribution in [0.1, 0.15) is 45.1 Å². The summed E-state index contributed by atoms with van der Waals surface area (Å²) in [5, 5.41) is 1.48. The third-order valence-electron chi connectivity index (χ3n) is 7.63. The number of rotatable bonds is 7. The monoisotopic (exact) mass is 579 g/mol. The number of fused-ring (bicyclic) bond motifs is 2. The Bertz CT molecular complexity index is 1530. The van der Waals surface area contributed by atoms with Crippen LogP contribution < -0.4 is 4.74 Å². The van der Waals surface area contributed by atoms with Gasteiger partial charge >= 0.3 is 0 Å². The van der Waals surface area contributed by atoms with Crippen molar-refractivity contribution in [3.63, 3.8) is 0 Å². The van der Waals surface area contributed by atoms with Crippen LogP contribution in [-0.4, -0.2) is 88.7 Å². The Morgan fingerprint density at radius 3 is 2.37 bits per heavy atom. The van der Waals surface area contributed by atoms with Crippen molar-refractivity contribution in [2.24, 2.45) is 0 Å². The number of nitrogens with zero attached hydrogens (tertiary/aromatic N) is 5. The third-order valence-corrected chi connectivity index (χ3v) is 8.64. The molecule has 11 heteroatoms. The number of thiazole rings is 1. The quantitative estimate of drug-likeness (QED) is 0.304. The van der Waals surface area contributed by atoms with E-state index in [1.165, 1.54) is 0 Å². The summed E-state index contributed by atoms with van der Waals surface area (Å²) in [7, 11) is 0. The van der Waals surface area contributed by atoms with E-state index in [0.29, 0.717) is 68.1 Å². The smallest absolute Gasteiger partial charge is 0.272 e. The summed E-state index contributed by atoms with van der Waals surface area (Å²) in [6.45, 7) is 2.75. The van der Waals surface area contributed by atoms with Crippen molar-refractivity contribution < 1.29 is 23.1 Å². The number of pyridine rings is 1.